The summed E-state index contributed by atoms with van der Waals surface area (Å²) < 4.78 is 5.25. The van der Waals surface area contributed by atoms with Crippen molar-refractivity contribution in [3.63, 3.8) is 0 Å². The van der Waals surface area contributed by atoms with Gasteiger partial charge in [0.25, 0.3) is 11.8 Å². The minimum atomic E-state index is -0.307. The van der Waals surface area contributed by atoms with Crippen LogP contribution in [-0.4, -0.2) is 17.9 Å². The summed E-state index contributed by atoms with van der Waals surface area (Å²) in [4.78, 5) is 23.8. The van der Waals surface area contributed by atoms with Gasteiger partial charge in [-0.25, -0.2) is 0 Å². The molecule has 21 heavy (non-hydrogen) atoms. The lowest BCUT2D eigenvalue weighted by Gasteiger charge is -2.06. The highest BCUT2D eigenvalue weighted by Crippen LogP contribution is 2.20. The Morgan fingerprint density at radius 1 is 1.05 bits per heavy atom. The number of carbonyl (C=O) groups is 2. The van der Waals surface area contributed by atoms with Crippen molar-refractivity contribution in [2.24, 2.45) is 0 Å². The molecular weight excluding hydrogens is 268 g/mol. The summed E-state index contributed by atoms with van der Waals surface area (Å²) in [6.45, 7) is 1.78. The molecule has 2 N–H and O–H groups in total. The molecule has 0 radical (unpaired) electrons. The van der Waals surface area contributed by atoms with Gasteiger partial charge < -0.3 is 15.1 Å². The quantitative estimate of drug-likeness (QED) is 0.906. The first-order valence-corrected chi connectivity index (χ1v) is 6.90. The molecule has 2 aromatic rings. The third-order valence-corrected chi connectivity index (χ3v) is 3.28. The lowest BCUT2D eigenvalue weighted by atomic mass is 10.2. The van der Waals surface area contributed by atoms with Crippen molar-refractivity contribution >= 4 is 17.5 Å². The summed E-state index contributed by atoms with van der Waals surface area (Å²) in [5.74, 6) is 0.575. The van der Waals surface area contributed by atoms with Crippen LogP contribution in [0.4, 0.5) is 5.69 Å². The van der Waals surface area contributed by atoms with Gasteiger partial charge in [0.05, 0.1) is 0 Å². The van der Waals surface area contributed by atoms with Crippen LogP contribution in [0.2, 0.25) is 0 Å². The van der Waals surface area contributed by atoms with E-state index < -0.39 is 0 Å². The van der Waals surface area contributed by atoms with Crippen LogP contribution in [0.1, 0.15) is 39.5 Å². The van der Waals surface area contributed by atoms with E-state index in [-0.39, 0.29) is 17.6 Å². The molecule has 1 fully saturated rings. The van der Waals surface area contributed by atoms with Crippen LogP contribution in [0.25, 0.3) is 0 Å². The van der Waals surface area contributed by atoms with Crippen molar-refractivity contribution in [2.75, 3.05) is 5.32 Å². The Morgan fingerprint density at radius 2 is 1.76 bits per heavy atom. The lowest BCUT2D eigenvalue weighted by Crippen LogP contribution is -2.25. The molecule has 3 rings (SSSR count). The van der Waals surface area contributed by atoms with Crippen LogP contribution >= 0.6 is 0 Å². The molecule has 5 nitrogen and oxygen atoms in total. The predicted molar refractivity (Wildman–Crippen MR) is 78.3 cm³/mol. The maximum absolute atomic E-state index is 11.9. The molecule has 0 bridgehead atoms. The van der Waals surface area contributed by atoms with Gasteiger partial charge in [-0.15, -0.1) is 0 Å². The highest BCUT2D eigenvalue weighted by Gasteiger charge is 2.23. The SMILES string of the molecule is Cc1ccc(C(=O)Nc2ccc(C(=O)NC3CC3)cc2)o1. The molecule has 1 aromatic carbocycles. The first-order valence-electron chi connectivity index (χ1n) is 6.90. The van der Waals surface area contributed by atoms with Crippen LogP contribution in [0.15, 0.2) is 40.8 Å². The van der Waals surface area contributed by atoms with E-state index in [0.29, 0.717) is 23.1 Å². The Balaban J connectivity index is 1.63. The Kier molecular flexibility index (Phi) is 3.48. The molecule has 1 heterocycles. The van der Waals surface area contributed by atoms with Gasteiger partial charge in [-0.3, -0.25) is 9.59 Å². The van der Waals surface area contributed by atoms with Crippen molar-refractivity contribution in [2.45, 2.75) is 25.8 Å². The number of hydrogen-bond donors (Lipinski definition) is 2. The molecule has 108 valence electrons. The zero-order valence-electron chi connectivity index (χ0n) is 11.7. The standard InChI is InChI=1S/C16H16N2O3/c1-10-2-9-14(21-10)16(20)18-12-5-3-11(4-6-12)15(19)17-13-7-8-13/h2-6,9,13H,7-8H2,1H3,(H,17,19)(H,18,20). The average Bonchev–Trinajstić information content (AvgIpc) is 3.17. The highest BCUT2D eigenvalue weighted by molar-refractivity contribution is 6.02. The number of benzene rings is 1. The number of anilines is 1. The third kappa shape index (κ3) is 3.31. The van der Waals surface area contributed by atoms with Gasteiger partial charge >= 0.3 is 0 Å². The number of aryl methyl sites for hydroxylation is 1. The average molecular weight is 284 g/mol. The molecule has 1 aliphatic rings. The second-order valence-corrected chi connectivity index (χ2v) is 5.19. The lowest BCUT2D eigenvalue weighted by molar-refractivity contribution is 0.0950. The highest BCUT2D eigenvalue weighted by atomic mass is 16.3. The molecule has 5 heteroatoms. The largest absolute Gasteiger partial charge is 0.456 e. The van der Waals surface area contributed by atoms with E-state index in [0.717, 1.165) is 12.8 Å². The van der Waals surface area contributed by atoms with E-state index in [9.17, 15) is 9.59 Å². The van der Waals surface area contributed by atoms with Gasteiger partial charge in [0, 0.05) is 17.3 Å². The van der Waals surface area contributed by atoms with Gasteiger partial charge in [-0.2, -0.15) is 0 Å². The molecule has 0 atom stereocenters. The second-order valence-electron chi connectivity index (χ2n) is 5.19. The predicted octanol–water partition coefficient (Wildman–Crippen LogP) is 2.73. The van der Waals surface area contributed by atoms with E-state index in [2.05, 4.69) is 10.6 Å². The van der Waals surface area contributed by atoms with Crippen molar-refractivity contribution < 1.29 is 14.0 Å². The summed E-state index contributed by atoms with van der Waals surface area (Å²) in [6, 6.07) is 10.5. The van der Waals surface area contributed by atoms with E-state index in [4.69, 9.17) is 4.42 Å². The molecule has 0 saturated heterocycles. The van der Waals surface area contributed by atoms with Crippen molar-refractivity contribution in [3.05, 3.63) is 53.5 Å². The first-order chi connectivity index (χ1) is 10.1. The van der Waals surface area contributed by atoms with Crippen molar-refractivity contribution in [3.8, 4) is 0 Å². The number of hydrogen-bond acceptors (Lipinski definition) is 3. The number of furan rings is 1. The monoisotopic (exact) mass is 284 g/mol. The fourth-order valence-electron chi connectivity index (χ4n) is 1.95. The minimum absolute atomic E-state index is 0.0722. The number of amides is 2. The third-order valence-electron chi connectivity index (χ3n) is 3.28. The number of nitrogens with one attached hydrogen (secondary N) is 2. The molecule has 0 unspecified atom stereocenters. The maximum atomic E-state index is 11.9. The van der Waals surface area contributed by atoms with Gasteiger partial charge in [0.1, 0.15) is 5.76 Å². The first kappa shape index (κ1) is 13.4. The van der Waals surface area contributed by atoms with E-state index in [1.807, 2.05) is 0 Å². The molecule has 1 saturated carbocycles. The molecular formula is C16H16N2O3. The van der Waals surface area contributed by atoms with E-state index in [1.165, 1.54) is 0 Å². The summed E-state index contributed by atoms with van der Waals surface area (Å²) in [5.41, 5.74) is 1.21. The zero-order chi connectivity index (χ0) is 14.8. The molecule has 1 aromatic heterocycles. The fraction of sp³-hybridized carbons (Fsp3) is 0.250. The maximum Gasteiger partial charge on any atom is 0.291 e. The Labute approximate surface area is 122 Å². The molecule has 0 aliphatic heterocycles. The second kappa shape index (κ2) is 5.44. The zero-order valence-corrected chi connectivity index (χ0v) is 11.7. The van der Waals surface area contributed by atoms with Gasteiger partial charge in [-0.05, 0) is 56.2 Å². The molecule has 1 aliphatic carbocycles. The molecule has 0 spiro atoms. The van der Waals surface area contributed by atoms with E-state index >= 15 is 0 Å². The minimum Gasteiger partial charge on any atom is -0.456 e. The van der Waals surface area contributed by atoms with Gasteiger partial charge in [0.15, 0.2) is 5.76 Å². The summed E-state index contributed by atoms with van der Waals surface area (Å²) in [7, 11) is 0. The Morgan fingerprint density at radius 3 is 2.33 bits per heavy atom. The number of rotatable bonds is 4. The van der Waals surface area contributed by atoms with Crippen LogP contribution in [-0.2, 0) is 0 Å². The summed E-state index contributed by atoms with van der Waals surface area (Å²) in [6.07, 6.45) is 2.12. The Bertz CT molecular complexity index is 669. The van der Waals surface area contributed by atoms with Gasteiger partial charge in [0.2, 0.25) is 0 Å². The smallest absolute Gasteiger partial charge is 0.291 e. The van der Waals surface area contributed by atoms with Crippen LogP contribution in [0, 0.1) is 6.92 Å². The summed E-state index contributed by atoms with van der Waals surface area (Å²) >= 11 is 0. The van der Waals surface area contributed by atoms with Gasteiger partial charge in [-0.1, -0.05) is 0 Å². The topological polar surface area (TPSA) is 71.3 Å². The Hall–Kier alpha value is -2.56. The number of carbonyl (C=O) groups excluding carboxylic acids is 2. The van der Waals surface area contributed by atoms with E-state index in [1.54, 1.807) is 43.3 Å². The summed E-state index contributed by atoms with van der Waals surface area (Å²) in [5, 5.41) is 5.64. The van der Waals surface area contributed by atoms with Crippen LogP contribution in [0.3, 0.4) is 0 Å². The van der Waals surface area contributed by atoms with Crippen molar-refractivity contribution in [1.82, 2.24) is 5.32 Å². The van der Waals surface area contributed by atoms with Crippen LogP contribution in [0.5, 0.6) is 0 Å². The van der Waals surface area contributed by atoms with Crippen LogP contribution < -0.4 is 10.6 Å². The fourth-order valence-corrected chi connectivity index (χ4v) is 1.95. The normalized spacial score (nSPS) is 13.8. The van der Waals surface area contributed by atoms with Crippen molar-refractivity contribution in [1.29, 1.82) is 0 Å². The molecule has 2 amide bonds.